The first-order valence-corrected chi connectivity index (χ1v) is 4.45. The Bertz CT molecular complexity index is 413. The maximum absolute atomic E-state index is 11.3. The summed E-state index contributed by atoms with van der Waals surface area (Å²) in [5, 5.41) is 1.82. The zero-order valence-corrected chi connectivity index (χ0v) is 8.77. The van der Waals surface area contributed by atoms with Crippen LogP contribution in [0.5, 0.6) is 0 Å². The highest BCUT2D eigenvalue weighted by Crippen LogP contribution is 2.14. The van der Waals surface area contributed by atoms with Crippen molar-refractivity contribution in [2.45, 2.75) is 6.92 Å². The smallest absolute Gasteiger partial charge is 0.277 e. The number of aromatic amines is 1. The lowest BCUT2D eigenvalue weighted by atomic mass is 10.5. The van der Waals surface area contributed by atoms with Gasteiger partial charge in [-0.3, -0.25) is 9.78 Å². The molecule has 0 radical (unpaired) electrons. The fraction of sp³-hybridized carbons (Fsp3) is 0.333. The number of hydrogen-bond donors (Lipinski definition) is 6. The zero-order chi connectivity index (χ0) is 12.3. The Hall–Kier alpha value is -1.88. The molecule has 0 aromatic carbocycles. The number of nitrogen functional groups attached to an aromatic ring is 2. The van der Waals surface area contributed by atoms with E-state index in [1.165, 1.54) is 0 Å². The van der Waals surface area contributed by atoms with Gasteiger partial charge in [-0.2, -0.15) is 10.1 Å². The zero-order valence-electron chi connectivity index (χ0n) is 8.77. The lowest BCUT2D eigenvalue weighted by Crippen LogP contribution is -2.59. The summed E-state index contributed by atoms with van der Waals surface area (Å²) in [5.74, 6) is 10.7. The van der Waals surface area contributed by atoms with Crippen LogP contribution in [0.25, 0.3) is 0 Å². The van der Waals surface area contributed by atoms with Crippen molar-refractivity contribution in [2.24, 2.45) is 11.7 Å². The third-order valence-electron chi connectivity index (χ3n) is 1.69. The van der Waals surface area contributed by atoms with E-state index in [-0.39, 0.29) is 17.5 Å². The van der Waals surface area contributed by atoms with E-state index in [2.05, 4.69) is 15.4 Å². The highest BCUT2D eigenvalue weighted by Gasteiger charge is 2.17. The van der Waals surface area contributed by atoms with Gasteiger partial charge in [0.15, 0.2) is 5.82 Å². The second-order valence-electron chi connectivity index (χ2n) is 2.89. The lowest BCUT2D eigenvalue weighted by Gasteiger charge is -2.28. The molecule has 1 aromatic heterocycles. The molecule has 1 heterocycles. The van der Waals surface area contributed by atoms with Crippen molar-refractivity contribution in [3.63, 3.8) is 0 Å². The summed E-state index contributed by atoms with van der Waals surface area (Å²) < 4.78 is 0. The summed E-state index contributed by atoms with van der Waals surface area (Å²) in [4.78, 5) is 17.4. The molecule has 0 amide bonds. The molecule has 1 rings (SSSR count). The number of nitrogens with two attached hydrogens (primary N) is 4. The fourth-order valence-corrected chi connectivity index (χ4v) is 1.06. The minimum Gasteiger partial charge on any atom is -0.391 e. The molecule has 10 N–H and O–H groups in total. The number of hydrazine groups is 4. The van der Waals surface area contributed by atoms with Gasteiger partial charge in [0.2, 0.25) is 5.95 Å². The van der Waals surface area contributed by atoms with E-state index in [1.54, 1.807) is 0 Å². The highest BCUT2D eigenvalue weighted by molar-refractivity contribution is 5.61. The van der Waals surface area contributed by atoms with E-state index in [9.17, 15) is 4.79 Å². The van der Waals surface area contributed by atoms with E-state index < -0.39 is 5.56 Å². The van der Waals surface area contributed by atoms with Crippen molar-refractivity contribution < 1.29 is 0 Å². The number of nitrogens with one attached hydrogen (secondary N) is 2. The van der Waals surface area contributed by atoms with E-state index in [1.807, 2.05) is 6.92 Å². The summed E-state index contributed by atoms with van der Waals surface area (Å²) in [6, 6.07) is 0. The van der Waals surface area contributed by atoms with Crippen LogP contribution >= 0.6 is 0 Å². The quantitative estimate of drug-likeness (QED) is 0.236. The molecule has 10 heteroatoms. The molecule has 0 fully saturated rings. The molecule has 16 heavy (non-hydrogen) atoms. The Kier molecular flexibility index (Phi) is 3.63. The van der Waals surface area contributed by atoms with Crippen LogP contribution in [0.3, 0.4) is 0 Å². The Labute approximate surface area is 91.1 Å². The van der Waals surface area contributed by atoms with Gasteiger partial charge >= 0.3 is 0 Å². The van der Waals surface area contributed by atoms with E-state index >= 15 is 0 Å². The van der Waals surface area contributed by atoms with Gasteiger partial charge in [0.25, 0.3) is 5.56 Å². The van der Waals surface area contributed by atoms with Gasteiger partial charge in [-0.15, -0.1) is 0 Å². The Balaban J connectivity index is 3.23. The molecule has 0 aliphatic rings. The summed E-state index contributed by atoms with van der Waals surface area (Å²) in [6.45, 7) is 2.31. The average Bonchev–Trinajstić information content (AvgIpc) is 2.20. The topological polar surface area (TPSA) is 168 Å². The number of rotatable bonds is 4. The van der Waals surface area contributed by atoms with Crippen LogP contribution in [0.4, 0.5) is 17.5 Å². The second kappa shape index (κ2) is 4.76. The molecule has 0 aliphatic heterocycles. The van der Waals surface area contributed by atoms with Crippen LogP contribution in [0.1, 0.15) is 6.92 Å². The third kappa shape index (κ3) is 2.38. The number of aromatic nitrogens is 2. The van der Waals surface area contributed by atoms with Gasteiger partial charge < -0.3 is 11.5 Å². The fourth-order valence-electron chi connectivity index (χ4n) is 1.06. The molecule has 0 saturated carbocycles. The summed E-state index contributed by atoms with van der Waals surface area (Å²) in [7, 11) is 0. The molecule has 90 valence electrons. The van der Waals surface area contributed by atoms with Crippen molar-refractivity contribution >= 4 is 17.5 Å². The molecular formula is C6H15N9O. The first kappa shape index (κ1) is 12.2. The molecule has 0 spiro atoms. The van der Waals surface area contributed by atoms with Crippen LogP contribution in [0.15, 0.2) is 4.79 Å². The minimum atomic E-state index is -0.563. The van der Waals surface area contributed by atoms with Crippen LogP contribution < -0.4 is 39.3 Å². The molecular weight excluding hydrogens is 214 g/mol. The largest absolute Gasteiger partial charge is 0.391 e. The normalized spacial score (nSPS) is 10.8. The predicted octanol–water partition coefficient (Wildman–Crippen LogP) is -2.77. The Morgan fingerprint density at radius 3 is 2.56 bits per heavy atom. The standard InChI is InChI=1S/C6H15N9O/c1-2-11-14(15(9)10)4-3(7)5(16)13-6(8)12-4/h11H,2,7,9-10H2,1H3,(H3,8,12,13,16). The highest BCUT2D eigenvalue weighted by atomic mass is 16.1. The van der Waals surface area contributed by atoms with Gasteiger partial charge in [-0.1, -0.05) is 12.2 Å². The number of H-pyrrole nitrogens is 1. The predicted molar refractivity (Wildman–Crippen MR) is 60.1 cm³/mol. The van der Waals surface area contributed by atoms with Crippen LogP contribution in [-0.4, -0.2) is 21.7 Å². The summed E-state index contributed by atoms with van der Waals surface area (Å²) in [6.07, 6.45) is 0. The summed E-state index contributed by atoms with van der Waals surface area (Å²) >= 11 is 0. The molecule has 0 atom stereocenters. The van der Waals surface area contributed by atoms with Gasteiger partial charge in [0, 0.05) is 6.54 Å². The van der Waals surface area contributed by atoms with Gasteiger partial charge in [0.1, 0.15) is 5.69 Å². The Morgan fingerprint density at radius 2 is 2.06 bits per heavy atom. The first-order valence-electron chi connectivity index (χ1n) is 4.45. The first-order chi connectivity index (χ1) is 7.47. The van der Waals surface area contributed by atoms with Crippen molar-refractivity contribution in [3.05, 3.63) is 10.4 Å². The number of hydrogen-bond acceptors (Lipinski definition) is 9. The number of nitrogens with zero attached hydrogens (tertiary/aromatic N) is 3. The second-order valence-corrected chi connectivity index (χ2v) is 2.89. The molecule has 0 bridgehead atoms. The van der Waals surface area contributed by atoms with Crippen molar-refractivity contribution in [3.8, 4) is 0 Å². The van der Waals surface area contributed by atoms with Crippen molar-refractivity contribution in [1.82, 2.24) is 20.6 Å². The molecule has 0 saturated heterocycles. The van der Waals surface area contributed by atoms with Gasteiger partial charge in [-0.05, 0) is 0 Å². The lowest BCUT2D eigenvalue weighted by molar-refractivity contribution is 0.230. The maximum Gasteiger partial charge on any atom is 0.277 e. The third-order valence-corrected chi connectivity index (χ3v) is 1.69. The van der Waals surface area contributed by atoms with E-state index in [4.69, 9.17) is 23.2 Å². The molecule has 0 unspecified atom stereocenters. The van der Waals surface area contributed by atoms with Crippen LogP contribution in [0.2, 0.25) is 0 Å². The van der Waals surface area contributed by atoms with Gasteiger partial charge in [0.05, 0.1) is 0 Å². The average molecular weight is 229 g/mol. The van der Waals surface area contributed by atoms with Crippen molar-refractivity contribution in [2.75, 3.05) is 23.1 Å². The summed E-state index contributed by atoms with van der Waals surface area (Å²) in [5.41, 5.74) is 13.0. The SMILES string of the molecule is CCNN(c1nc(N)[nH]c(=O)c1N)N(N)N. The monoisotopic (exact) mass is 229 g/mol. The van der Waals surface area contributed by atoms with Gasteiger partial charge in [-0.25, -0.2) is 17.1 Å². The van der Waals surface area contributed by atoms with Crippen LogP contribution in [0, 0.1) is 0 Å². The Morgan fingerprint density at radius 1 is 1.44 bits per heavy atom. The minimum absolute atomic E-state index is 0.0353. The van der Waals surface area contributed by atoms with Crippen LogP contribution in [-0.2, 0) is 0 Å². The van der Waals surface area contributed by atoms with Crippen molar-refractivity contribution in [1.29, 1.82) is 0 Å². The van der Waals surface area contributed by atoms with E-state index in [0.717, 1.165) is 5.12 Å². The maximum atomic E-state index is 11.3. The molecule has 0 aliphatic carbocycles. The number of anilines is 3. The molecule has 1 aromatic rings. The molecule has 10 nitrogen and oxygen atoms in total. The van der Waals surface area contributed by atoms with E-state index in [0.29, 0.717) is 11.8 Å².